The molecule has 0 saturated heterocycles. The summed E-state index contributed by atoms with van der Waals surface area (Å²) in [7, 11) is 0. The van der Waals surface area contributed by atoms with Gasteiger partial charge in [0.15, 0.2) is 0 Å². The highest BCUT2D eigenvalue weighted by Crippen LogP contribution is 2.13. The number of rotatable bonds is 5. The number of benzene rings is 2. The van der Waals surface area contributed by atoms with Gasteiger partial charge in [-0.3, -0.25) is 4.79 Å². The van der Waals surface area contributed by atoms with Crippen LogP contribution in [-0.2, 0) is 11.2 Å². The van der Waals surface area contributed by atoms with Crippen LogP contribution in [0, 0.1) is 23.0 Å². The minimum atomic E-state index is -1.36. The smallest absolute Gasteiger partial charge is 0.326 e. The van der Waals surface area contributed by atoms with Crippen molar-refractivity contribution in [1.82, 2.24) is 5.32 Å². The van der Waals surface area contributed by atoms with Crippen LogP contribution in [-0.4, -0.2) is 23.0 Å². The molecular formula is C17H12F2N2O3. The van der Waals surface area contributed by atoms with Gasteiger partial charge in [-0.1, -0.05) is 18.2 Å². The van der Waals surface area contributed by atoms with Gasteiger partial charge in [0.25, 0.3) is 5.91 Å². The molecule has 0 aliphatic heterocycles. The molecule has 2 aromatic carbocycles. The Morgan fingerprint density at radius 2 is 1.92 bits per heavy atom. The normalized spacial score (nSPS) is 11.4. The summed E-state index contributed by atoms with van der Waals surface area (Å²) in [5, 5.41) is 20.5. The van der Waals surface area contributed by atoms with Gasteiger partial charge in [-0.05, 0) is 23.8 Å². The standard InChI is InChI=1S/C17H12F2N2O3/c18-12-5-6-13(14(19)8-12)16(22)21-15(17(23)24)7-10-3-1-2-4-11(10)9-20/h1-6,8,15H,7H2,(H,21,22)(H,23,24)/t15-/m0/s1. The van der Waals surface area contributed by atoms with E-state index in [1.54, 1.807) is 18.2 Å². The summed E-state index contributed by atoms with van der Waals surface area (Å²) < 4.78 is 26.5. The van der Waals surface area contributed by atoms with E-state index in [1.807, 2.05) is 6.07 Å². The van der Waals surface area contributed by atoms with Crippen molar-refractivity contribution in [1.29, 1.82) is 5.26 Å². The van der Waals surface area contributed by atoms with Crippen LogP contribution in [0.3, 0.4) is 0 Å². The summed E-state index contributed by atoms with van der Waals surface area (Å²) in [6, 6.07) is 9.30. The number of carbonyl (C=O) groups is 2. The van der Waals surface area contributed by atoms with E-state index in [0.717, 1.165) is 12.1 Å². The largest absolute Gasteiger partial charge is 0.480 e. The van der Waals surface area contributed by atoms with Crippen molar-refractivity contribution >= 4 is 11.9 Å². The first-order chi connectivity index (χ1) is 11.4. The Hall–Kier alpha value is -3.27. The molecule has 0 fully saturated rings. The lowest BCUT2D eigenvalue weighted by molar-refractivity contribution is -0.139. The number of hydrogen-bond donors (Lipinski definition) is 2. The van der Waals surface area contributed by atoms with Crippen LogP contribution in [0.15, 0.2) is 42.5 Å². The molecule has 7 heteroatoms. The molecule has 2 aromatic rings. The van der Waals surface area contributed by atoms with Gasteiger partial charge in [-0.25, -0.2) is 13.6 Å². The number of nitriles is 1. The molecule has 0 saturated carbocycles. The maximum absolute atomic E-state index is 13.6. The number of amides is 1. The van der Waals surface area contributed by atoms with E-state index >= 15 is 0 Å². The fourth-order valence-electron chi connectivity index (χ4n) is 2.14. The molecule has 24 heavy (non-hydrogen) atoms. The summed E-state index contributed by atoms with van der Waals surface area (Å²) in [5.41, 5.74) is 0.259. The molecule has 1 amide bonds. The molecular weight excluding hydrogens is 318 g/mol. The monoisotopic (exact) mass is 330 g/mol. The van der Waals surface area contributed by atoms with Crippen LogP contribution in [0.2, 0.25) is 0 Å². The lowest BCUT2D eigenvalue weighted by Gasteiger charge is -2.15. The number of halogens is 2. The Morgan fingerprint density at radius 3 is 2.54 bits per heavy atom. The molecule has 0 aromatic heterocycles. The molecule has 0 spiro atoms. The molecule has 0 heterocycles. The molecule has 0 bridgehead atoms. The highest BCUT2D eigenvalue weighted by Gasteiger charge is 2.23. The van der Waals surface area contributed by atoms with E-state index in [0.29, 0.717) is 11.6 Å². The fourth-order valence-corrected chi connectivity index (χ4v) is 2.14. The summed E-state index contributed by atoms with van der Waals surface area (Å²) in [4.78, 5) is 23.4. The van der Waals surface area contributed by atoms with Gasteiger partial charge < -0.3 is 10.4 Å². The van der Waals surface area contributed by atoms with Gasteiger partial charge in [-0.2, -0.15) is 5.26 Å². The molecule has 122 valence electrons. The molecule has 0 aliphatic carbocycles. The molecule has 5 nitrogen and oxygen atoms in total. The number of nitrogens with zero attached hydrogens (tertiary/aromatic N) is 1. The Morgan fingerprint density at radius 1 is 1.21 bits per heavy atom. The van der Waals surface area contributed by atoms with Gasteiger partial charge in [-0.15, -0.1) is 0 Å². The number of carboxylic acids is 1. The van der Waals surface area contributed by atoms with Gasteiger partial charge >= 0.3 is 5.97 Å². The third-order valence-electron chi connectivity index (χ3n) is 3.34. The zero-order valence-corrected chi connectivity index (χ0v) is 12.3. The predicted molar refractivity (Wildman–Crippen MR) is 80.1 cm³/mol. The molecule has 0 unspecified atom stereocenters. The topological polar surface area (TPSA) is 90.2 Å². The van der Waals surface area contributed by atoms with Gasteiger partial charge in [0, 0.05) is 12.5 Å². The highest BCUT2D eigenvalue weighted by atomic mass is 19.1. The van der Waals surface area contributed by atoms with Crippen LogP contribution in [0.25, 0.3) is 0 Å². The van der Waals surface area contributed by atoms with Crippen molar-refractivity contribution in [2.45, 2.75) is 12.5 Å². The second kappa shape index (κ2) is 7.33. The van der Waals surface area contributed by atoms with Crippen molar-refractivity contribution in [3.8, 4) is 6.07 Å². The van der Waals surface area contributed by atoms with Crippen LogP contribution in [0.4, 0.5) is 8.78 Å². The molecule has 0 radical (unpaired) electrons. The van der Waals surface area contributed by atoms with Crippen molar-refractivity contribution in [3.63, 3.8) is 0 Å². The van der Waals surface area contributed by atoms with Gasteiger partial charge in [0.05, 0.1) is 17.2 Å². The highest BCUT2D eigenvalue weighted by molar-refractivity contribution is 5.96. The first-order valence-corrected chi connectivity index (χ1v) is 6.89. The van der Waals surface area contributed by atoms with Crippen molar-refractivity contribution < 1.29 is 23.5 Å². The van der Waals surface area contributed by atoms with Crippen LogP contribution in [0.5, 0.6) is 0 Å². The Labute approximate surface area is 136 Å². The molecule has 2 rings (SSSR count). The summed E-state index contributed by atoms with van der Waals surface area (Å²) in [5.74, 6) is -4.25. The van der Waals surface area contributed by atoms with E-state index in [4.69, 9.17) is 5.26 Å². The number of aliphatic carboxylic acids is 1. The Kier molecular flexibility index (Phi) is 5.22. The second-order valence-electron chi connectivity index (χ2n) is 4.96. The summed E-state index contributed by atoms with van der Waals surface area (Å²) in [6.45, 7) is 0. The predicted octanol–water partition coefficient (Wildman–Crippen LogP) is 2.26. The Bertz CT molecular complexity index is 831. The van der Waals surface area contributed by atoms with E-state index in [9.17, 15) is 23.5 Å². The van der Waals surface area contributed by atoms with Crippen molar-refractivity contribution in [2.24, 2.45) is 0 Å². The molecule has 2 N–H and O–H groups in total. The number of nitrogens with one attached hydrogen (secondary N) is 1. The van der Waals surface area contributed by atoms with Gasteiger partial charge in [0.1, 0.15) is 17.7 Å². The minimum Gasteiger partial charge on any atom is -0.480 e. The first kappa shape index (κ1) is 17.1. The second-order valence-corrected chi connectivity index (χ2v) is 4.96. The number of carboxylic acid groups (broad SMARTS) is 1. The summed E-state index contributed by atoms with van der Waals surface area (Å²) in [6.07, 6.45) is -0.145. The summed E-state index contributed by atoms with van der Waals surface area (Å²) >= 11 is 0. The lowest BCUT2D eigenvalue weighted by Crippen LogP contribution is -2.42. The van der Waals surface area contributed by atoms with Crippen molar-refractivity contribution in [2.75, 3.05) is 0 Å². The number of carbonyl (C=O) groups excluding carboxylic acids is 1. The van der Waals surface area contributed by atoms with Crippen molar-refractivity contribution in [3.05, 3.63) is 70.8 Å². The van der Waals surface area contributed by atoms with E-state index in [1.165, 1.54) is 6.07 Å². The molecule has 1 atom stereocenters. The number of hydrogen-bond acceptors (Lipinski definition) is 3. The fraction of sp³-hybridized carbons (Fsp3) is 0.118. The quantitative estimate of drug-likeness (QED) is 0.880. The third kappa shape index (κ3) is 3.93. The maximum Gasteiger partial charge on any atom is 0.326 e. The van der Waals surface area contributed by atoms with Crippen LogP contribution < -0.4 is 5.32 Å². The average Bonchev–Trinajstić information content (AvgIpc) is 2.54. The zero-order chi connectivity index (χ0) is 17.7. The minimum absolute atomic E-state index is 0.145. The lowest BCUT2D eigenvalue weighted by atomic mass is 10.0. The van der Waals surface area contributed by atoms with Crippen LogP contribution >= 0.6 is 0 Å². The third-order valence-corrected chi connectivity index (χ3v) is 3.34. The SMILES string of the molecule is N#Cc1ccccc1C[C@H](NC(=O)c1ccc(F)cc1F)C(=O)O. The average molecular weight is 330 g/mol. The van der Waals surface area contributed by atoms with Gasteiger partial charge in [0.2, 0.25) is 0 Å². The Balaban J connectivity index is 2.21. The van der Waals surface area contributed by atoms with E-state index in [-0.39, 0.29) is 12.0 Å². The molecule has 0 aliphatic rings. The van der Waals surface area contributed by atoms with E-state index < -0.39 is 35.1 Å². The first-order valence-electron chi connectivity index (χ1n) is 6.89. The van der Waals surface area contributed by atoms with Crippen LogP contribution in [0.1, 0.15) is 21.5 Å². The zero-order valence-electron chi connectivity index (χ0n) is 12.3. The maximum atomic E-state index is 13.6. The van der Waals surface area contributed by atoms with E-state index in [2.05, 4.69) is 5.32 Å².